The summed E-state index contributed by atoms with van der Waals surface area (Å²) in [5.41, 5.74) is 0. The van der Waals surface area contributed by atoms with Crippen molar-refractivity contribution in [1.29, 1.82) is 0 Å². The summed E-state index contributed by atoms with van der Waals surface area (Å²) in [6, 6.07) is 0. The van der Waals surface area contributed by atoms with E-state index in [9.17, 15) is 0 Å². The van der Waals surface area contributed by atoms with Crippen molar-refractivity contribution in [3.8, 4) is 0 Å². The van der Waals surface area contributed by atoms with Crippen molar-refractivity contribution in [1.82, 2.24) is 0 Å². The molecular weight excluding hydrogens is 96.1 g/mol. The third-order valence-corrected chi connectivity index (χ3v) is 3.73. The predicted octanol–water partition coefficient (Wildman–Crippen LogP) is 1.91. The second-order valence-electron chi connectivity index (χ2n) is 4.02. The summed E-state index contributed by atoms with van der Waals surface area (Å²) in [4.78, 5) is 0. The van der Waals surface area contributed by atoms with E-state index < -0.39 is 0 Å². The van der Waals surface area contributed by atoms with Gasteiger partial charge in [-0.05, 0) is 42.4 Å². The van der Waals surface area contributed by atoms with Crippen LogP contribution in [0.5, 0.6) is 0 Å². The molecule has 0 N–H and O–H groups in total. The summed E-state index contributed by atoms with van der Waals surface area (Å²) >= 11 is 0. The lowest BCUT2D eigenvalue weighted by atomic mass is 9.54. The van der Waals surface area contributed by atoms with Crippen molar-refractivity contribution in [2.24, 2.45) is 29.6 Å². The first-order valence-electron chi connectivity index (χ1n) is 3.88. The molecule has 0 aromatic rings. The van der Waals surface area contributed by atoms with Crippen molar-refractivity contribution in [3.63, 3.8) is 0 Å². The second kappa shape index (κ2) is 0.872. The molecule has 3 fully saturated rings. The second-order valence-corrected chi connectivity index (χ2v) is 4.02. The van der Waals surface area contributed by atoms with Crippen molar-refractivity contribution in [2.45, 2.75) is 19.8 Å². The van der Waals surface area contributed by atoms with Crippen molar-refractivity contribution in [3.05, 3.63) is 0 Å². The highest BCUT2D eigenvalue weighted by molar-refractivity contribution is 5.15. The van der Waals surface area contributed by atoms with Crippen LogP contribution in [0.4, 0.5) is 0 Å². The molecule has 0 heterocycles. The van der Waals surface area contributed by atoms with Gasteiger partial charge in [0, 0.05) is 0 Å². The minimum atomic E-state index is 1.11. The lowest BCUT2D eigenvalue weighted by molar-refractivity contribution is -0.0286. The molecule has 0 aromatic carbocycles. The summed E-state index contributed by atoms with van der Waals surface area (Å²) in [5, 5.41) is 0. The molecule has 0 aliphatic heterocycles. The zero-order valence-corrected chi connectivity index (χ0v) is 5.30. The fourth-order valence-corrected chi connectivity index (χ4v) is 3.19. The summed E-state index contributed by atoms with van der Waals surface area (Å²) in [6.07, 6.45) is 3.19. The third kappa shape index (κ3) is 0.222. The molecule has 0 bridgehead atoms. The van der Waals surface area contributed by atoms with E-state index in [-0.39, 0.29) is 0 Å². The van der Waals surface area contributed by atoms with Crippen molar-refractivity contribution >= 4 is 0 Å². The maximum absolute atomic E-state index is 2.43. The molecule has 0 spiro atoms. The zero-order chi connectivity index (χ0) is 5.30. The molecular formula is C8H12. The number of hydrogen-bond acceptors (Lipinski definition) is 0. The van der Waals surface area contributed by atoms with E-state index in [2.05, 4.69) is 6.92 Å². The SMILES string of the molecule is CC1CC2C3CC3C12. The van der Waals surface area contributed by atoms with E-state index in [0.29, 0.717) is 0 Å². The van der Waals surface area contributed by atoms with Gasteiger partial charge in [-0.2, -0.15) is 0 Å². The van der Waals surface area contributed by atoms with Crippen LogP contribution in [-0.2, 0) is 0 Å². The van der Waals surface area contributed by atoms with Crippen LogP contribution in [-0.4, -0.2) is 0 Å². The monoisotopic (exact) mass is 108 g/mol. The maximum Gasteiger partial charge on any atom is -0.0326 e. The van der Waals surface area contributed by atoms with E-state index in [0.717, 1.165) is 5.92 Å². The van der Waals surface area contributed by atoms with Gasteiger partial charge in [0.25, 0.3) is 0 Å². The van der Waals surface area contributed by atoms with Gasteiger partial charge in [0.15, 0.2) is 0 Å². The summed E-state index contributed by atoms with van der Waals surface area (Å²) in [6.45, 7) is 2.43. The molecule has 44 valence electrons. The standard InChI is InChI=1S/C8H12/c1-4-2-6-5-3-7(5)8(4)6/h4-8H,2-3H2,1H3. The Bertz CT molecular complexity index is 137. The Labute approximate surface area is 50.3 Å². The fraction of sp³-hybridized carbons (Fsp3) is 1.00. The molecule has 0 amide bonds. The normalized spacial score (nSPS) is 73.9. The molecule has 3 aliphatic rings. The van der Waals surface area contributed by atoms with Gasteiger partial charge in [0.1, 0.15) is 0 Å². The first-order chi connectivity index (χ1) is 3.88. The van der Waals surface area contributed by atoms with Crippen LogP contribution in [0.3, 0.4) is 0 Å². The van der Waals surface area contributed by atoms with Gasteiger partial charge in [0.2, 0.25) is 0 Å². The lowest BCUT2D eigenvalue weighted by Crippen LogP contribution is -2.45. The molecule has 3 aliphatic carbocycles. The van der Waals surface area contributed by atoms with Crippen LogP contribution < -0.4 is 0 Å². The quantitative estimate of drug-likeness (QED) is 0.444. The first-order valence-corrected chi connectivity index (χ1v) is 3.88. The number of rotatable bonds is 0. The van der Waals surface area contributed by atoms with Crippen LogP contribution in [0.15, 0.2) is 0 Å². The van der Waals surface area contributed by atoms with Crippen LogP contribution >= 0.6 is 0 Å². The smallest absolute Gasteiger partial charge is 0.0326 e. The van der Waals surface area contributed by atoms with E-state index >= 15 is 0 Å². The zero-order valence-electron chi connectivity index (χ0n) is 5.30. The van der Waals surface area contributed by atoms with Gasteiger partial charge in [-0.3, -0.25) is 0 Å². The highest BCUT2D eigenvalue weighted by atomic mass is 14.7. The largest absolute Gasteiger partial charge is 0.0622 e. The minimum absolute atomic E-state index is 1.11. The Hall–Kier alpha value is 0. The minimum Gasteiger partial charge on any atom is -0.0622 e. The molecule has 0 saturated heterocycles. The van der Waals surface area contributed by atoms with Gasteiger partial charge in [-0.25, -0.2) is 0 Å². The number of hydrogen-bond donors (Lipinski definition) is 0. The lowest BCUT2D eigenvalue weighted by Gasteiger charge is -2.51. The van der Waals surface area contributed by atoms with Gasteiger partial charge < -0.3 is 0 Å². The molecule has 3 saturated carbocycles. The van der Waals surface area contributed by atoms with E-state index in [1.54, 1.807) is 12.8 Å². The van der Waals surface area contributed by atoms with E-state index in [4.69, 9.17) is 0 Å². The van der Waals surface area contributed by atoms with Crippen LogP contribution in [0.1, 0.15) is 19.8 Å². The van der Waals surface area contributed by atoms with E-state index in [1.165, 1.54) is 23.7 Å². The molecule has 0 radical (unpaired) electrons. The molecule has 5 unspecified atom stereocenters. The predicted molar refractivity (Wildman–Crippen MR) is 32.4 cm³/mol. The summed E-state index contributed by atoms with van der Waals surface area (Å²) in [5.74, 6) is 6.05. The maximum atomic E-state index is 2.43. The van der Waals surface area contributed by atoms with Crippen molar-refractivity contribution in [2.75, 3.05) is 0 Å². The average Bonchev–Trinajstić information content (AvgIpc) is 2.33. The van der Waals surface area contributed by atoms with Crippen LogP contribution in [0.2, 0.25) is 0 Å². The van der Waals surface area contributed by atoms with Gasteiger partial charge in [-0.15, -0.1) is 0 Å². The molecule has 8 heavy (non-hydrogen) atoms. The molecule has 0 heteroatoms. The molecule has 5 atom stereocenters. The Morgan fingerprint density at radius 2 is 1.75 bits per heavy atom. The summed E-state index contributed by atoms with van der Waals surface area (Å²) in [7, 11) is 0. The van der Waals surface area contributed by atoms with Gasteiger partial charge >= 0.3 is 0 Å². The topological polar surface area (TPSA) is 0 Å². The van der Waals surface area contributed by atoms with Crippen LogP contribution in [0, 0.1) is 29.6 Å². The third-order valence-electron chi connectivity index (χ3n) is 3.73. The van der Waals surface area contributed by atoms with Crippen LogP contribution in [0.25, 0.3) is 0 Å². The molecule has 3 rings (SSSR count). The Balaban J connectivity index is 1.89. The average molecular weight is 108 g/mol. The Morgan fingerprint density at radius 3 is 2.25 bits per heavy atom. The van der Waals surface area contributed by atoms with Gasteiger partial charge in [-0.1, -0.05) is 6.92 Å². The fourth-order valence-electron chi connectivity index (χ4n) is 3.19. The first kappa shape index (κ1) is 3.92. The van der Waals surface area contributed by atoms with Gasteiger partial charge in [0.05, 0.1) is 0 Å². The number of fused-ring (bicyclic) bond motifs is 4. The molecule has 0 aromatic heterocycles. The molecule has 0 nitrogen and oxygen atoms in total. The van der Waals surface area contributed by atoms with E-state index in [1.807, 2.05) is 0 Å². The van der Waals surface area contributed by atoms with Crippen molar-refractivity contribution < 1.29 is 0 Å². The Kier molecular flexibility index (Phi) is 0.427. The Morgan fingerprint density at radius 1 is 1.00 bits per heavy atom. The highest BCUT2D eigenvalue weighted by Gasteiger charge is 2.67. The highest BCUT2D eigenvalue weighted by Crippen LogP contribution is 2.73. The summed E-state index contributed by atoms with van der Waals surface area (Å²) < 4.78 is 0.